The summed E-state index contributed by atoms with van der Waals surface area (Å²) in [7, 11) is 0. The molecule has 0 aliphatic carbocycles. The van der Waals surface area contributed by atoms with Crippen LogP contribution in [-0.2, 0) is 0 Å². The summed E-state index contributed by atoms with van der Waals surface area (Å²) in [6.45, 7) is 7.66. The average molecular weight is 357 g/mol. The largest absolute Gasteiger partial charge is 0.396 e. The van der Waals surface area contributed by atoms with Crippen molar-refractivity contribution in [3.05, 3.63) is 35.5 Å². The van der Waals surface area contributed by atoms with Crippen LogP contribution in [0.25, 0.3) is 0 Å². The lowest BCUT2D eigenvalue weighted by Crippen LogP contribution is -2.46. The molecule has 3 rings (SSSR count). The van der Waals surface area contributed by atoms with E-state index in [9.17, 15) is 9.90 Å². The van der Waals surface area contributed by atoms with E-state index in [1.54, 1.807) is 6.20 Å². The molecule has 5 nitrogen and oxygen atoms in total. The Morgan fingerprint density at radius 2 is 2.04 bits per heavy atom. The lowest BCUT2D eigenvalue weighted by atomic mass is 9.77. The predicted molar refractivity (Wildman–Crippen MR) is 104 cm³/mol. The van der Waals surface area contributed by atoms with E-state index in [0.29, 0.717) is 5.56 Å². The molecule has 1 amide bonds. The molecule has 2 aliphatic rings. The molecule has 1 atom stereocenters. The summed E-state index contributed by atoms with van der Waals surface area (Å²) in [6, 6.07) is 3.74. The minimum atomic E-state index is -0.152. The van der Waals surface area contributed by atoms with E-state index in [4.69, 9.17) is 0 Å². The molecular formula is C21H31N3O2. The van der Waals surface area contributed by atoms with Crippen LogP contribution in [0.15, 0.2) is 30.0 Å². The molecule has 1 aromatic heterocycles. The third-order valence-electron chi connectivity index (χ3n) is 5.65. The van der Waals surface area contributed by atoms with Crippen LogP contribution < -0.4 is 4.90 Å². The van der Waals surface area contributed by atoms with Crippen LogP contribution in [0, 0.1) is 5.41 Å². The first-order valence-electron chi connectivity index (χ1n) is 9.78. The molecule has 2 fully saturated rings. The summed E-state index contributed by atoms with van der Waals surface area (Å²) >= 11 is 0. The summed E-state index contributed by atoms with van der Waals surface area (Å²) < 4.78 is 0. The number of aliphatic hydroxyl groups excluding tert-OH is 1. The van der Waals surface area contributed by atoms with Gasteiger partial charge in [0.2, 0.25) is 0 Å². The molecule has 3 heterocycles. The summed E-state index contributed by atoms with van der Waals surface area (Å²) in [5, 5.41) is 10.1. The Kier molecular flexibility index (Phi) is 5.97. The van der Waals surface area contributed by atoms with Crippen molar-refractivity contribution in [1.29, 1.82) is 0 Å². The van der Waals surface area contributed by atoms with Crippen LogP contribution in [0.5, 0.6) is 0 Å². The maximum absolute atomic E-state index is 13.0. The standard InChI is InChI=1S/C21H31N3O2/c1-17(2)8-10-21(16-25)9-6-14-24(15-21)19-18(7-5-11-22-19)20(26)23-12-3-4-13-23/h5,7-8,11,25H,3-4,6,9-10,12-16H2,1-2H3. The third kappa shape index (κ3) is 4.09. The van der Waals surface area contributed by atoms with Crippen LogP contribution in [0.2, 0.25) is 0 Å². The van der Waals surface area contributed by atoms with E-state index >= 15 is 0 Å². The van der Waals surface area contributed by atoms with E-state index in [1.165, 1.54) is 5.57 Å². The minimum absolute atomic E-state index is 0.0927. The van der Waals surface area contributed by atoms with Gasteiger partial charge in [0.25, 0.3) is 5.91 Å². The molecule has 0 bridgehead atoms. The fraction of sp³-hybridized carbons (Fsp3) is 0.619. The monoisotopic (exact) mass is 357 g/mol. The lowest BCUT2D eigenvalue weighted by molar-refractivity contribution is 0.0791. The number of piperidine rings is 1. The number of likely N-dealkylation sites (tertiary alicyclic amines) is 1. The third-order valence-corrected chi connectivity index (χ3v) is 5.65. The Labute approximate surface area is 156 Å². The Bertz CT molecular complexity index is 663. The molecule has 0 radical (unpaired) electrons. The SMILES string of the molecule is CC(C)=CCC1(CO)CCCN(c2ncccc2C(=O)N2CCCC2)C1. The molecule has 1 aromatic rings. The zero-order valence-electron chi connectivity index (χ0n) is 16.1. The summed E-state index contributed by atoms with van der Waals surface area (Å²) in [4.78, 5) is 21.7. The second-order valence-electron chi connectivity index (χ2n) is 8.04. The Morgan fingerprint density at radius 1 is 1.27 bits per heavy atom. The highest BCUT2D eigenvalue weighted by atomic mass is 16.3. The molecule has 1 unspecified atom stereocenters. The lowest BCUT2D eigenvalue weighted by Gasteiger charge is -2.42. The molecule has 26 heavy (non-hydrogen) atoms. The number of carbonyl (C=O) groups excluding carboxylic acids is 1. The fourth-order valence-corrected chi connectivity index (χ4v) is 4.08. The Hall–Kier alpha value is -1.88. The maximum atomic E-state index is 13.0. The second kappa shape index (κ2) is 8.21. The molecule has 0 spiro atoms. The first-order valence-corrected chi connectivity index (χ1v) is 9.78. The van der Waals surface area contributed by atoms with Gasteiger partial charge in [0.15, 0.2) is 0 Å². The van der Waals surface area contributed by atoms with E-state index in [0.717, 1.165) is 64.1 Å². The van der Waals surface area contributed by atoms with Gasteiger partial charge in [-0.15, -0.1) is 0 Å². The molecule has 2 saturated heterocycles. The molecule has 0 aromatic carbocycles. The first kappa shape index (κ1) is 18.9. The van der Waals surface area contributed by atoms with E-state index in [-0.39, 0.29) is 17.9 Å². The second-order valence-corrected chi connectivity index (χ2v) is 8.04. The van der Waals surface area contributed by atoms with Crippen LogP contribution in [0.1, 0.15) is 56.3 Å². The van der Waals surface area contributed by atoms with E-state index < -0.39 is 0 Å². The molecule has 142 valence electrons. The first-order chi connectivity index (χ1) is 12.5. The molecular weight excluding hydrogens is 326 g/mol. The topological polar surface area (TPSA) is 56.7 Å². The molecule has 2 aliphatic heterocycles. The quantitative estimate of drug-likeness (QED) is 0.822. The minimum Gasteiger partial charge on any atom is -0.396 e. The van der Waals surface area contributed by atoms with Gasteiger partial charge in [0, 0.05) is 37.8 Å². The number of hydrogen-bond donors (Lipinski definition) is 1. The summed E-state index contributed by atoms with van der Waals surface area (Å²) in [6.07, 6.45) is 9.03. The number of rotatable bonds is 5. The number of aromatic nitrogens is 1. The van der Waals surface area contributed by atoms with Crippen molar-refractivity contribution >= 4 is 11.7 Å². The molecule has 5 heteroatoms. The highest BCUT2D eigenvalue weighted by molar-refractivity contribution is 5.99. The Balaban J connectivity index is 1.84. The van der Waals surface area contributed by atoms with Gasteiger partial charge in [-0.3, -0.25) is 4.79 Å². The van der Waals surface area contributed by atoms with Gasteiger partial charge in [0.05, 0.1) is 12.2 Å². The highest BCUT2D eigenvalue weighted by Gasteiger charge is 2.36. The van der Waals surface area contributed by atoms with Gasteiger partial charge in [-0.25, -0.2) is 4.98 Å². The smallest absolute Gasteiger partial charge is 0.257 e. The zero-order valence-corrected chi connectivity index (χ0v) is 16.1. The summed E-state index contributed by atoms with van der Waals surface area (Å²) in [5.41, 5.74) is 1.82. The van der Waals surface area contributed by atoms with Crippen molar-refractivity contribution in [3.8, 4) is 0 Å². The Morgan fingerprint density at radius 3 is 2.73 bits per heavy atom. The molecule has 0 saturated carbocycles. The zero-order chi connectivity index (χ0) is 18.6. The number of pyridine rings is 1. The number of amides is 1. The number of nitrogens with zero attached hydrogens (tertiary/aromatic N) is 3. The fourth-order valence-electron chi connectivity index (χ4n) is 4.08. The van der Waals surface area contributed by atoms with Crippen LogP contribution in [-0.4, -0.2) is 53.7 Å². The number of anilines is 1. The van der Waals surface area contributed by atoms with Gasteiger partial charge in [-0.2, -0.15) is 0 Å². The van der Waals surface area contributed by atoms with Gasteiger partial charge < -0.3 is 14.9 Å². The van der Waals surface area contributed by atoms with Crippen molar-refractivity contribution < 1.29 is 9.90 Å². The highest BCUT2D eigenvalue weighted by Crippen LogP contribution is 2.36. The van der Waals surface area contributed by atoms with Crippen molar-refractivity contribution in [2.45, 2.75) is 46.0 Å². The molecule has 1 N–H and O–H groups in total. The van der Waals surface area contributed by atoms with Crippen molar-refractivity contribution in [2.24, 2.45) is 5.41 Å². The van der Waals surface area contributed by atoms with Crippen LogP contribution >= 0.6 is 0 Å². The predicted octanol–water partition coefficient (Wildman–Crippen LogP) is 3.25. The van der Waals surface area contributed by atoms with Gasteiger partial charge in [-0.1, -0.05) is 11.6 Å². The van der Waals surface area contributed by atoms with Crippen molar-refractivity contribution in [1.82, 2.24) is 9.88 Å². The van der Waals surface area contributed by atoms with Gasteiger partial charge in [0.1, 0.15) is 5.82 Å². The van der Waals surface area contributed by atoms with Crippen molar-refractivity contribution in [3.63, 3.8) is 0 Å². The number of hydrogen-bond acceptors (Lipinski definition) is 4. The average Bonchev–Trinajstić information content (AvgIpc) is 3.21. The normalized spacial score (nSPS) is 23.2. The van der Waals surface area contributed by atoms with Gasteiger partial charge in [-0.05, 0) is 58.1 Å². The maximum Gasteiger partial charge on any atom is 0.257 e. The van der Waals surface area contributed by atoms with Crippen LogP contribution in [0.4, 0.5) is 5.82 Å². The summed E-state index contributed by atoms with van der Waals surface area (Å²) in [5.74, 6) is 0.870. The van der Waals surface area contributed by atoms with Crippen LogP contribution in [0.3, 0.4) is 0 Å². The number of aliphatic hydroxyl groups is 1. The number of carbonyl (C=O) groups is 1. The van der Waals surface area contributed by atoms with Gasteiger partial charge >= 0.3 is 0 Å². The van der Waals surface area contributed by atoms with E-state index in [2.05, 4.69) is 29.8 Å². The van der Waals surface area contributed by atoms with Crippen molar-refractivity contribution in [2.75, 3.05) is 37.7 Å². The number of allylic oxidation sites excluding steroid dienone is 2. The van der Waals surface area contributed by atoms with E-state index in [1.807, 2.05) is 17.0 Å².